The Hall–Kier alpha value is -2.83. The molecule has 1 aliphatic rings. The molecule has 1 aromatic heterocycles. The van der Waals surface area contributed by atoms with Gasteiger partial charge in [-0.1, -0.05) is 0 Å². The van der Waals surface area contributed by atoms with Crippen LogP contribution in [0, 0.1) is 5.95 Å². The van der Waals surface area contributed by atoms with Crippen molar-refractivity contribution in [2.24, 2.45) is 5.73 Å². The van der Waals surface area contributed by atoms with E-state index in [0.29, 0.717) is 17.2 Å². The van der Waals surface area contributed by atoms with Gasteiger partial charge in [-0.25, -0.2) is 0 Å². The average Bonchev–Trinajstić information content (AvgIpc) is 2.89. The van der Waals surface area contributed by atoms with Crippen LogP contribution in [0.2, 0.25) is 0 Å². The van der Waals surface area contributed by atoms with E-state index in [1.54, 1.807) is 18.2 Å². The zero-order valence-electron chi connectivity index (χ0n) is 10.8. The number of hydrogen-bond donors (Lipinski definition) is 1. The van der Waals surface area contributed by atoms with Crippen LogP contribution >= 0.6 is 0 Å². The number of rotatable bonds is 4. The molecule has 0 spiro atoms. The molecule has 1 aliphatic heterocycles. The number of carbonyl (C=O) groups is 1. The van der Waals surface area contributed by atoms with E-state index in [2.05, 4.69) is 4.98 Å². The summed E-state index contributed by atoms with van der Waals surface area (Å²) in [7, 11) is 0. The number of fused-ring (bicyclic) bond motifs is 1. The number of pyridine rings is 1. The van der Waals surface area contributed by atoms with Crippen molar-refractivity contribution >= 4 is 5.91 Å². The standard InChI is InChI=1S/C14H11FN2O4/c15-14-8(5-12(16)18)1-4-13(17-14)21-9-2-3-10-11(6-9)20-7-19-10/h1-4,6H,5,7H2,(H2,16,18). The molecular formula is C14H11FN2O4. The number of benzene rings is 1. The first-order valence-electron chi connectivity index (χ1n) is 6.13. The summed E-state index contributed by atoms with van der Waals surface area (Å²) in [6, 6.07) is 7.85. The van der Waals surface area contributed by atoms with Crippen molar-refractivity contribution in [1.82, 2.24) is 4.98 Å². The van der Waals surface area contributed by atoms with Crippen molar-refractivity contribution in [2.45, 2.75) is 6.42 Å². The maximum atomic E-state index is 13.7. The van der Waals surface area contributed by atoms with Gasteiger partial charge in [0.2, 0.25) is 24.5 Å². The third-order valence-corrected chi connectivity index (χ3v) is 2.83. The van der Waals surface area contributed by atoms with Crippen LogP contribution in [0.3, 0.4) is 0 Å². The minimum absolute atomic E-state index is 0.0691. The molecule has 1 aromatic carbocycles. The third kappa shape index (κ3) is 2.86. The van der Waals surface area contributed by atoms with E-state index in [1.165, 1.54) is 12.1 Å². The summed E-state index contributed by atoms with van der Waals surface area (Å²) in [6.07, 6.45) is -0.205. The highest BCUT2D eigenvalue weighted by Crippen LogP contribution is 2.36. The summed E-state index contributed by atoms with van der Waals surface area (Å²) in [5, 5.41) is 0. The Morgan fingerprint density at radius 1 is 1.29 bits per heavy atom. The molecule has 0 radical (unpaired) electrons. The lowest BCUT2D eigenvalue weighted by Crippen LogP contribution is -2.15. The van der Waals surface area contributed by atoms with Gasteiger partial charge in [-0.3, -0.25) is 4.79 Å². The van der Waals surface area contributed by atoms with Crippen LogP contribution in [0.25, 0.3) is 0 Å². The van der Waals surface area contributed by atoms with E-state index >= 15 is 0 Å². The molecule has 0 aliphatic carbocycles. The predicted octanol–water partition coefficient (Wildman–Crippen LogP) is 1.77. The summed E-state index contributed by atoms with van der Waals surface area (Å²) in [4.78, 5) is 14.4. The Balaban J connectivity index is 1.79. The molecule has 1 amide bonds. The average molecular weight is 290 g/mol. The zero-order valence-corrected chi connectivity index (χ0v) is 10.8. The number of ether oxygens (including phenoxy) is 3. The molecule has 0 atom stereocenters. The van der Waals surface area contributed by atoms with E-state index in [-0.39, 0.29) is 24.7 Å². The molecule has 2 heterocycles. The molecular weight excluding hydrogens is 279 g/mol. The second-order valence-corrected chi connectivity index (χ2v) is 4.36. The fourth-order valence-corrected chi connectivity index (χ4v) is 1.88. The number of amides is 1. The van der Waals surface area contributed by atoms with E-state index in [9.17, 15) is 9.18 Å². The molecule has 108 valence electrons. The monoisotopic (exact) mass is 290 g/mol. The molecule has 0 unspecified atom stereocenters. The third-order valence-electron chi connectivity index (χ3n) is 2.83. The summed E-state index contributed by atoms with van der Waals surface area (Å²) >= 11 is 0. The van der Waals surface area contributed by atoms with Crippen LogP contribution < -0.4 is 19.9 Å². The number of nitrogens with two attached hydrogens (primary N) is 1. The second-order valence-electron chi connectivity index (χ2n) is 4.36. The van der Waals surface area contributed by atoms with Gasteiger partial charge >= 0.3 is 0 Å². The number of halogens is 1. The Morgan fingerprint density at radius 3 is 2.86 bits per heavy atom. The Labute approximate surface area is 119 Å². The summed E-state index contributed by atoms with van der Waals surface area (Å²) in [5.41, 5.74) is 5.14. The first kappa shape index (κ1) is 13.2. The molecule has 2 N–H and O–H groups in total. The number of primary amides is 1. The van der Waals surface area contributed by atoms with E-state index in [4.69, 9.17) is 19.9 Å². The van der Waals surface area contributed by atoms with Gasteiger partial charge in [0.25, 0.3) is 0 Å². The summed E-state index contributed by atoms with van der Waals surface area (Å²) < 4.78 is 29.5. The molecule has 2 aromatic rings. The van der Waals surface area contributed by atoms with Crippen LogP contribution in [0.4, 0.5) is 4.39 Å². The second kappa shape index (κ2) is 5.28. The van der Waals surface area contributed by atoms with Gasteiger partial charge in [0.05, 0.1) is 6.42 Å². The SMILES string of the molecule is NC(=O)Cc1ccc(Oc2ccc3c(c2)OCO3)nc1F. The van der Waals surface area contributed by atoms with Crippen molar-refractivity contribution in [3.8, 4) is 23.1 Å². The molecule has 6 nitrogen and oxygen atoms in total. The quantitative estimate of drug-likeness (QED) is 0.867. The number of nitrogens with zero attached hydrogens (tertiary/aromatic N) is 1. The molecule has 21 heavy (non-hydrogen) atoms. The van der Waals surface area contributed by atoms with Gasteiger partial charge < -0.3 is 19.9 Å². The van der Waals surface area contributed by atoms with Gasteiger partial charge in [0.15, 0.2) is 11.5 Å². The lowest BCUT2D eigenvalue weighted by molar-refractivity contribution is -0.117. The van der Waals surface area contributed by atoms with E-state index in [0.717, 1.165) is 0 Å². The Morgan fingerprint density at radius 2 is 2.10 bits per heavy atom. The molecule has 7 heteroatoms. The van der Waals surface area contributed by atoms with E-state index in [1.807, 2.05) is 0 Å². The van der Waals surface area contributed by atoms with Crippen LogP contribution in [0.5, 0.6) is 23.1 Å². The first-order valence-corrected chi connectivity index (χ1v) is 6.13. The number of aromatic nitrogens is 1. The van der Waals surface area contributed by atoms with Crippen LogP contribution in [-0.2, 0) is 11.2 Å². The van der Waals surface area contributed by atoms with Crippen LogP contribution in [0.1, 0.15) is 5.56 Å². The van der Waals surface area contributed by atoms with Gasteiger partial charge in [0.1, 0.15) is 5.75 Å². The lowest BCUT2D eigenvalue weighted by atomic mass is 10.2. The number of carbonyl (C=O) groups excluding carboxylic acids is 1. The van der Waals surface area contributed by atoms with Gasteiger partial charge in [-0.15, -0.1) is 0 Å². The molecule has 0 saturated carbocycles. The first-order chi connectivity index (χ1) is 10.1. The van der Waals surface area contributed by atoms with Crippen LogP contribution in [0.15, 0.2) is 30.3 Å². The van der Waals surface area contributed by atoms with Crippen molar-refractivity contribution < 1.29 is 23.4 Å². The molecule has 3 rings (SSSR count). The van der Waals surface area contributed by atoms with Crippen molar-refractivity contribution in [3.05, 3.63) is 41.8 Å². The highest BCUT2D eigenvalue weighted by Gasteiger charge is 2.15. The fraction of sp³-hybridized carbons (Fsp3) is 0.143. The number of hydrogen-bond acceptors (Lipinski definition) is 5. The minimum atomic E-state index is -0.785. The molecule has 0 fully saturated rings. The maximum Gasteiger partial charge on any atom is 0.231 e. The Bertz CT molecular complexity index is 705. The molecule has 0 bridgehead atoms. The van der Waals surface area contributed by atoms with Gasteiger partial charge in [0, 0.05) is 17.7 Å². The normalized spacial score (nSPS) is 12.2. The Kier molecular flexibility index (Phi) is 3.31. The largest absolute Gasteiger partial charge is 0.454 e. The van der Waals surface area contributed by atoms with Crippen molar-refractivity contribution in [2.75, 3.05) is 6.79 Å². The smallest absolute Gasteiger partial charge is 0.231 e. The van der Waals surface area contributed by atoms with Crippen molar-refractivity contribution in [1.29, 1.82) is 0 Å². The summed E-state index contributed by atoms with van der Waals surface area (Å²) in [6.45, 7) is 0.160. The predicted molar refractivity (Wildman–Crippen MR) is 69.7 cm³/mol. The molecule has 0 saturated heterocycles. The topological polar surface area (TPSA) is 83.7 Å². The van der Waals surface area contributed by atoms with E-state index < -0.39 is 11.9 Å². The van der Waals surface area contributed by atoms with Crippen molar-refractivity contribution in [3.63, 3.8) is 0 Å². The lowest BCUT2D eigenvalue weighted by Gasteiger charge is -2.07. The fourth-order valence-electron chi connectivity index (χ4n) is 1.88. The highest BCUT2D eigenvalue weighted by molar-refractivity contribution is 5.76. The van der Waals surface area contributed by atoms with Crippen LogP contribution in [-0.4, -0.2) is 17.7 Å². The zero-order chi connectivity index (χ0) is 14.8. The highest BCUT2D eigenvalue weighted by atomic mass is 19.1. The van der Waals surface area contributed by atoms with Gasteiger partial charge in [-0.05, 0) is 18.2 Å². The minimum Gasteiger partial charge on any atom is -0.454 e. The van der Waals surface area contributed by atoms with Gasteiger partial charge in [-0.2, -0.15) is 9.37 Å². The maximum absolute atomic E-state index is 13.7. The summed E-state index contributed by atoms with van der Waals surface area (Å²) in [5.74, 6) is 0.275.